The number of ketones is 1. The minimum Gasteiger partial charge on any atom is -0.289 e. The average molecular weight is 307 g/mol. The molecule has 0 aliphatic rings. The Hall–Kier alpha value is -1.76. The van der Waals surface area contributed by atoms with Crippen molar-refractivity contribution in [2.75, 3.05) is 7.05 Å². The van der Waals surface area contributed by atoms with Crippen LogP contribution in [0.4, 0.5) is 0 Å². The van der Waals surface area contributed by atoms with E-state index in [1.807, 2.05) is 17.5 Å². The summed E-state index contributed by atoms with van der Waals surface area (Å²) in [6, 6.07) is 9.76. The summed E-state index contributed by atoms with van der Waals surface area (Å²) in [7, 11) is -2.20. The maximum Gasteiger partial charge on any atom is 0.240 e. The van der Waals surface area contributed by atoms with Crippen LogP contribution in [0.1, 0.15) is 15.2 Å². The number of hydrogen-bond acceptors (Lipinski definition) is 4. The van der Waals surface area contributed by atoms with Gasteiger partial charge in [0.05, 0.1) is 4.90 Å². The molecule has 0 spiro atoms. The van der Waals surface area contributed by atoms with Gasteiger partial charge in [0, 0.05) is 10.4 Å². The predicted molar refractivity (Wildman–Crippen MR) is 80.4 cm³/mol. The number of hydrogen-bond donors (Lipinski definition) is 1. The van der Waals surface area contributed by atoms with Crippen molar-refractivity contribution in [3.05, 3.63) is 58.3 Å². The molecule has 0 fully saturated rings. The van der Waals surface area contributed by atoms with Gasteiger partial charge in [-0.3, -0.25) is 4.79 Å². The Kier molecular flexibility index (Phi) is 4.49. The van der Waals surface area contributed by atoms with Crippen molar-refractivity contribution in [2.24, 2.45) is 0 Å². The van der Waals surface area contributed by atoms with Crippen LogP contribution in [-0.2, 0) is 10.0 Å². The fourth-order valence-corrected chi connectivity index (χ4v) is 2.97. The molecule has 0 bridgehead atoms. The number of rotatable bonds is 5. The van der Waals surface area contributed by atoms with Gasteiger partial charge in [-0.1, -0.05) is 18.2 Å². The van der Waals surface area contributed by atoms with E-state index in [9.17, 15) is 13.2 Å². The highest BCUT2D eigenvalue weighted by molar-refractivity contribution is 7.89. The topological polar surface area (TPSA) is 63.2 Å². The Labute approximate surface area is 121 Å². The van der Waals surface area contributed by atoms with E-state index in [1.54, 1.807) is 18.2 Å². The zero-order valence-corrected chi connectivity index (χ0v) is 12.4. The Morgan fingerprint density at radius 1 is 1.25 bits per heavy atom. The minimum absolute atomic E-state index is 0.0790. The molecule has 0 saturated heterocycles. The molecule has 2 rings (SSSR count). The molecule has 0 amide bonds. The molecule has 0 aliphatic heterocycles. The van der Waals surface area contributed by atoms with Gasteiger partial charge in [-0.05, 0) is 42.8 Å². The largest absolute Gasteiger partial charge is 0.289 e. The fraction of sp³-hybridized carbons (Fsp3) is 0.0714. The summed E-state index contributed by atoms with van der Waals surface area (Å²) in [4.78, 5) is 13.1. The van der Waals surface area contributed by atoms with Crippen LogP contribution in [0.25, 0.3) is 6.08 Å². The molecular weight excluding hydrogens is 294 g/mol. The van der Waals surface area contributed by atoms with Gasteiger partial charge >= 0.3 is 0 Å². The molecule has 0 radical (unpaired) electrons. The summed E-state index contributed by atoms with van der Waals surface area (Å²) in [5.41, 5.74) is 0.342. The normalized spacial score (nSPS) is 11.8. The lowest BCUT2D eigenvalue weighted by molar-refractivity contribution is 0.104. The van der Waals surface area contributed by atoms with Crippen LogP contribution < -0.4 is 4.72 Å². The third-order valence-electron chi connectivity index (χ3n) is 2.64. The van der Waals surface area contributed by atoms with Crippen LogP contribution >= 0.6 is 11.3 Å². The summed E-state index contributed by atoms with van der Waals surface area (Å²) in [5, 5.41) is 1.92. The fourth-order valence-electron chi connectivity index (χ4n) is 1.57. The molecule has 0 unspecified atom stereocenters. The molecule has 2 aromatic rings. The quantitative estimate of drug-likeness (QED) is 0.682. The van der Waals surface area contributed by atoms with Crippen molar-refractivity contribution in [3.63, 3.8) is 0 Å². The van der Waals surface area contributed by atoms with E-state index in [0.717, 1.165) is 4.88 Å². The number of benzene rings is 1. The molecule has 0 saturated carbocycles. The molecule has 4 nitrogen and oxygen atoms in total. The number of allylic oxidation sites excluding steroid dienone is 1. The smallest absolute Gasteiger partial charge is 0.240 e. The van der Waals surface area contributed by atoms with Crippen molar-refractivity contribution in [1.82, 2.24) is 4.72 Å². The lowest BCUT2D eigenvalue weighted by Crippen LogP contribution is -2.18. The number of carbonyl (C=O) groups is 1. The summed E-state index contributed by atoms with van der Waals surface area (Å²) in [5.74, 6) is -0.230. The van der Waals surface area contributed by atoms with Crippen molar-refractivity contribution in [3.8, 4) is 0 Å². The molecule has 1 aromatic heterocycles. The van der Waals surface area contributed by atoms with Gasteiger partial charge in [0.1, 0.15) is 0 Å². The third kappa shape index (κ3) is 3.41. The second-order valence-electron chi connectivity index (χ2n) is 3.95. The van der Waals surface area contributed by atoms with Gasteiger partial charge in [-0.25, -0.2) is 13.1 Å². The number of nitrogens with one attached hydrogen (secondary N) is 1. The van der Waals surface area contributed by atoms with Crippen molar-refractivity contribution >= 4 is 33.2 Å². The predicted octanol–water partition coefficient (Wildman–Crippen LogP) is 2.55. The molecule has 1 N–H and O–H groups in total. The lowest BCUT2D eigenvalue weighted by Gasteiger charge is -2.03. The summed E-state index contributed by atoms with van der Waals surface area (Å²) < 4.78 is 25.6. The first-order chi connectivity index (χ1) is 9.53. The van der Waals surface area contributed by atoms with Gasteiger partial charge in [-0.2, -0.15) is 0 Å². The average Bonchev–Trinajstić information content (AvgIpc) is 2.98. The maximum absolute atomic E-state index is 12.0. The summed E-state index contributed by atoms with van der Waals surface area (Å²) >= 11 is 1.53. The molecule has 0 aliphatic carbocycles. The standard InChI is InChI=1S/C14H13NO3S2/c1-15-20(17,18)13-6-2-4-11(10-13)14(16)8-7-12-5-3-9-19-12/h2-10,15H,1H3/b8-7+. The van der Waals surface area contributed by atoms with E-state index in [0.29, 0.717) is 5.56 Å². The second kappa shape index (κ2) is 6.13. The number of thiophene rings is 1. The van der Waals surface area contributed by atoms with Crippen LogP contribution in [0.5, 0.6) is 0 Å². The van der Waals surface area contributed by atoms with Gasteiger partial charge in [-0.15, -0.1) is 11.3 Å². The first-order valence-electron chi connectivity index (χ1n) is 5.82. The van der Waals surface area contributed by atoms with Crippen LogP contribution in [0.3, 0.4) is 0 Å². The first kappa shape index (κ1) is 14.6. The van der Waals surface area contributed by atoms with E-state index < -0.39 is 10.0 Å². The lowest BCUT2D eigenvalue weighted by atomic mass is 10.1. The second-order valence-corrected chi connectivity index (χ2v) is 6.81. The highest BCUT2D eigenvalue weighted by atomic mass is 32.2. The molecule has 1 heterocycles. The van der Waals surface area contributed by atoms with Crippen molar-refractivity contribution in [2.45, 2.75) is 4.90 Å². The van der Waals surface area contributed by atoms with Gasteiger partial charge < -0.3 is 0 Å². The van der Waals surface area contributed by atoms with Crippen LogP contribution in [0.2, 0.25) is 0 Å². The van der Waals surface area contributed by atoms with E-state index in [-0.39, 0.29) is 10.7 Å². The number of sulfonamides is 1. The third-order valence-corrected chi connectivity index (χ3v) is 4.89. The van der Waals surface area contributed by atoms with E-state index in [1.165, 1.54) is 36.6 Å². The zero-order valence-electron chi connectivity index (χ0n) is 10.7. The highest BCUT2D eigenvalue weighted by Crippen LogP contribution is 2.14. The molecular formula is C14H13NO3S2. The van der Waals surface area contributed by atoms with Crippen LogP contribution in [-0.4, -0.2) is 21.2 Å². The van der Waals surface area contributed by atoms with Crippen LogP contribution in [0, 0.1) is 0 Å². The first-order valence-corrected chi connectivity index (χ1v) is 8.19. The van der Waals surface area contributed by atoms with E-state index in [2.05, 4.69) is 4.72 Å². The number of carbonyl (C=O) groups excluding carboxylic acids is 1. The molecule has 6 heteroatoms. The van der Waals surface area contributed by atoms with Crippen molar-refractivity contribution < 1.29 is 13.2 Å². The van der Waals surface area contributed by atoms with Crippen molar-refractivity contribution in [1.29, 1.82) is 0 Å². The van der Waals surface area contributed by atoms with Gasteiger partial charge in [0.25, 0.3) is 0 Å². The zero-order chi connectivity index (χ0) is 14.6. The SMILES string of the molecule is CNS(=O)(=O)c1cccc(C(=O)/C=C/c2cccs2)c1. The summed E-state index contributed by atoms with van der Waals surface area (Å²) in [6.45, 7) is 0. The summed E-state index contributed by atoms with van der Waals surface area (Å²) in [6.07, 6.45) is 3.16. The highest BCUT2D eigenvalue weighted by Gasteiger charge is 2.13. The Bertz CT molecular complexity index is 732. The Balaban J connectivity index is 2.25. The molecule has 1 aromatic carbocycles. The maximum atomic E-state index is 12.0. The van der Waals surface area contributed by atoms with Gasteiger partial charge in [0.2, 0.25) is 10.0 Å². The van der Waals surface area contributed by atoms with E-state index in [4.69, 9.17) is 0 Å². The molecule has 104 valence electrons. The molecule has 20 heavy (non-hydrogen) atoms. The van der Waals surface area contributed by atoms with E-state index >= 15 is 0 Å². The monoisotopic (exact) mass is 307 g/mol. The Morgan fingerprint density at radius 2 is 2.05 bits per heavy atom. The molecule has 0 atom stereocenters. The van der Waals surface area contributed by atoms with Crippen LogP contribution in [0.15, 0.2) is 52.7 Å². The van der Waals surface area contributed by atoms with Gasteiger partial charge in [0.15, 0.2) is 5.78 Å². The Morgan fingerprint density at radius 3 is 2.70 bits per heavy atom. The minimum atomic E-state index is -3.54.